The molecule has 1 nitrogen and oxygen atoms in total. The summed E-state index contributed by atoms with van der Waals surface area (Å²) in [6.45, 7) is 2.03. The Morgan fingerprint density at radius 3 is 2.57 bits per heavy atom. The fourth-order valence-electron chi connectivity index (χ4n) is 1.14. The number of allylic oxidation sites excluding steroid dienone is 2. The maximum atomic E-state index is 11.6. The van der Waals surface area contributed by atoms with Gasteiger partial charge in [0.25, 0.3) is 0 Å². The van der Waals surface area contributed by atoms with E-state index in [1.54, 1.807) is 12.1 Å². The van der Waals surface area contributed by atoms with Crippen LogP contribution in [-0.4, -0.2) is 5.78 Å². The molecule has 2 heteroatoms. The lowest BCUT2D eigenvalue weighted by Gasteiger charge is -1.96. The lowest BCUT2D eigenvalue weighted by Crippen LogP contribution is -1.94. The molecule has 0 aliphatic rings. The van der Waals surface area contributed by atoms with Gasteiger partial charge in [-0.15, -0.1) is 0 Å². The molecular formula is C12H13ClO. The molecule has 0 saturated heterocycles. The zero-order chi connectivity index (χ0) is 10.4. The van der Waals surface area contributed by atoms with Crippen LogP contribution < -0.4 is 0 Å². The maximum absolute atomic E-state index is 11.6. The number of hydrogen-bond donors (Lipinski definition) is 0. The molecule has 0 unspecified atom stereocenters. The lowest BCUT2D eigenvalue weighted by atomic mass is 10.1. The Bertz CT molecular complexity index is 327. The average Bonchev–Trinajstić information content (AvgIpc) is 2.19. The van der Waals surface area contributed by atoms with Crippen LogP contribution in [0.3, 0.4) is 0 Å². The summed E-state index contributed by atoms with van der Waals surface area (Å²) in [5, 5.41) is 0.626. The quantitative estimate of drug-likeness (QED) is 0.544. The molecule has 1 rings (SSSR count). The minimum absolute atomic E-state index is 0.0240. The molecule has 0 saturated carbocycles. The van der Waals surface area contributed by atoms with Crippen molar-refractivity contribution in [3.05, 3.63) is 47.0 Å². The van der Waals surface area contributed by atoms with Crippen molar-refractivity contribution in [2.24, 2.45) is 0 Å². The molecule has 0 bridgehead atoms. The topological polar surface area (TPSA) is 17.1 Å². The summed E-state index contributed by atoms with van der Waals surface area (Å²) < 4.78 is 0. The number of halogens is 1. The van der Waals surface area contributed by atoms with Gasteiger partial charge in [0.15, 0.2) is 5.78 Å². The molecule has 0 amide bonds. The van der Waals surface area contributed by atoms with E-state index >= 15 is 0 Å². The highest BCUT2D eigenvalue weighted by Gasteiger charge is 2.01. The van der Waals surface area contributed by atoms with E-state index in [-0.39, 0.29) is 5.78 Å². The molecule has 1 aromatic carbocycles. The molecule has 0 N–H and O–H groups in total. The van der Waals surface area contributed by atoms with Crippen molar-refractivity contribution in [1.82, 2.24) is 0 Å². The van der Waals surface area contributed by atoms with Crippen molar-refractivity contribution < 1.29 is 4.79 Å². The Morgan fingerprint density at radius 1 is 1.36 bits per heavy atom. The summed E-state index contributed by atoms with van der Waals surface area (Å²) in [5.74, 6) is -0.0240. The minimum Gasteiger partial charge on any atom is -0.289 e. The highest BCUT2D eigenvalue weighted by molar-refractivity contribution is 6.31. The summed E-state index contributed by atoms with van der Waals surface area (Å²) in [6.07, 6.45) is 3.22. The molecule has 0 spiro atoms. The number of ketones is 1. The Morgan fingerprint density at radius 2 is 2.00 bits per heavy atom. The van der Waals surface area contributed by atoms with Crippen molar-refractivity contribution in [1.29, 1.82) is 0 Å². The van der Waals surface area contributed by atoms with Crippen LogP contribution in [-0.2, 0) is 0 Å². The maximum Gasteiger partial charge on any atom is 0.186 e. The molecule has 74 valence electrons. The number of rotatable bonds is 4. The average molecular weight is 209 g/mol. The van der Waals surface area contributed by atoms with Gasteiger partial charge in [0.05, 0.1) is 0 Å². The molecule has 14 heavy (non-hydrogen) atoms. The molecule has 0 aliphatic heterocycles. The standard InChI is InChI=1S/C12H13ClO/c1-2-6-11(13)9-12(14)10-7-4-3-5-8-10/h3-5,7-9H,2,6H2,1H3/b11-9-. The first-order chi connectivity index (χ1) is 6.74. The number of carbonyl (C=O) groups excluding carboxylic acids is 1. The largest absolute Gasteiger partial charge is 0.289 e. The van der Waals surface area contributed by atoms with Crippen molar-refractivity contribution in [2.45, 2.75) is 19.8 Å². The Labute approximate surface area is 89.4 Å². The van der Waals surface area contributed by atoms with Crippen molar-refractivity contribution >= 4 is 17.4 Å². The van der Waals surface area contributed by atoms with E-state index in [0.717, 1.165) is 12.8 Å². The van der Waals surface area contributed by atoms with Crippen LogP contribution in [0, 0.1) is 0 Å². The summed E-state index contributed by atoms with van der Waals surface area (Å²) in [7, 11) is 0. The van der Waals surface area contributed by atoms with Crippen LogP contribution in [0.5, 0.6) is 0 Å². The van der Waals surface area contributed by atoms with Crippen LogP contribution in [0.4, 0.5) is 0 Å². The predicted molar refractivity (Wildman–Crippen MR) is 59.6 cm³/mol. The van der Waals surface area contributed by atoms with E-state index < -0.39 is 0 Å². The zero-order valence-electron chi connectivity index (χ0n) is 8.16. The smallest absolute Gasteiger partial charge is 0.186 e. The van der Waals surface area contributed by atoms with Gasteiger partial charge in [-0.3, -0.25) is 4.79 Å². The van der Waals surface area contributed by atoms with E-state index in [1.807, 2.05) is 25.1 Å². The van der Waals surface area contributed by atoms with Gasteiger partial charge in [-0.05, 0) is 6.42 Å². The van der Waals surface area contributed by atoms with Gasteiger partial charge in [-0.1, -0.05) is 55.3 Å². The van der Waals surface area contributed by atoms with Gasteiger partial charge in [-0.2, -0.15) is 0 Å². The van der Waals surface area contributed by atoms with Crippen LogP contribution in [0.2, 0.25) is 0 Å². The van der Waals surface area contributed by atoms with E-state index in [9.17, 15) is 4.79 Å². The van der Waals surface area contributed by atoms with Crippen LogP contribution >= 0.6 is 11.6 Å². The van der Waals surface area contributed by atoms with E-state index in [4.69, 9.17) is 11.6 Å². The van der Waals surface area contributed by atoms with Crippen LogP contribution in [0.25, 0.3) is 0 Å². The monoisotopic (exact) mass is 208 g/mol. The van der Waals surface area contributed by atoms with Crippen LogP contribution in [0.1, 0.15) is 30.1 Å². The normalized spacial score (nSPS) is 11.4. The second kappa shape index (κ2) is 5.61. The van der Waals surface area contributed by atoms with E-state index in [0.29, 0.717) is 10.6 Å². The zero-order valence-corrected chi connectivity index (χ0v) is 8.92. The first-order valence-electron chi connectivity index (χ1n) is 4.69. The molecular weight excluding hydrogens is 196 g/mol. The van der Waals surface area contributed by atoms with Gasteiger partial charge in [0.1, 0.15) is 0 Å². The molecule has 0 fully saturated rings. The third-order valence-electron chi connectivity index (χ3n) is 1.83. The molecule has 0 radical (unpaired) electrons. The predicted octanol–water partition coefficient (Wildman–Crippen LogP) is 3.79. The summed E-state index contributed by atoms with van der Waals surface area (Å²) in [4.78, 5) is 11.6. The second-order valence-corrected chi connectivity index (χ2v) is 3.56. The fraction of sp³-hybridized carbons (Fsp3) is 0.250. The third kappa shape index (κ3) is 3.35. The molecule has 1 aromatic rings. The number of hydrogen-bond acceptors (Lipinski definition) is 1. The van der Waals surface area contributed by atoms with Crippen molar-refractivity contribution in [3.8, 4) is 0 Å². The third-order valence-corrected chi connectivity index (χ3v) is 2.13. The summed E-state index contributed by atoms with van der Waals surface area (Å²) >= 11 is 5.87. The fourth-order valence-corrected chi connectivity index (χ4v) is 1.43. The lowest BCUT2D eigenvalue weighted by molar-refractivity contribution is 0.104. The molecule has 0 aromatic heterocycles. The SMILES string of the molecule is CCC/C(Cl)=C/C(=O)c1ccccc1. The highest BCUT2D eigenvalue weighted by atomic mass is 35.5. The minimum atomic E-state index is -0.0240. The van der Waals surface area contributed by atoms with Crippen LogP contribution in [0.15, 0.2) is 41.4 Å². The van der Waals surface area contributed by atoms with E-state index in [1.165, 1.54) is 6.08 Å². The van der Waals surface area contributed by atoms with Crippen molar-refractivity contribution in [3.63, 3.8) is 0 Å². The Kier molecular flexibility index (Phi) is 4.41. The van der Waals surface area contributed by atoms with E-state index in [2.05, 4.69) is 0 Å². The second-order valence-electron chi connectivity index (χ2n) is 3.07. The highest BCUT2D eigenvalue weighted by Crippen LogP contribution is 2.11. The Hall–Kier alpha value is -1.08. The van der Waals surface area contributed by atoms with Gasteiger partial charge >= 0.3 is 0 Å². The number of benzene rings is 1. The molecule has 0 atom stereocenters. The van der Waals surface area contributed by atoms with Gasteiger partial charge in [0.2, 0.25) is 0 Å². The number of carbonyl (C=O) groups is 1. The summed E-state index contributed by atoms with van der Waals surface area (Å²) in [6, 6.07) is 9.14. The van der Waals surface area contributed by atoms with Gasteiger partial charge in [-0.25, -0.2) is 0 Å². The molecule has 0 heterocycles. The van der Waals surface area contributed by atoms with Crippen molar-refractivity contribution in [2.75, 3.05) is 0 Å². The first kappa shape index (κ1) is 11.0. The Balaban J connectivity index is 2.72. The molecule has 0 aliphatic carbocycles. The first-order valence-corrected chi connectivity index (χ1v) is 5.07. The van der Waals surface area contributed by atoms with Gasteiger partial charge in [0, 0.05) is 16.7 Å². The summed E-state index contributed by atoms with van der Waals surface area (Å²) in [5.41, 5.74) is 0.682. The van der Waals surface area contributed by atoms with Gasteiger partial charge < -0.3 is 0 Å².